The Balaban J connectivity index is 1.41. The van der Waals surface area contributed by atoms with Crippen LogP contribution in [0, 0.1) is 5.92 Å². The topological polar surface area (TPSA) is 9.86 Å². The molecule has 0 N–H and O–H groups in total. The van der Waals surface area contributed by atoms with Crippen LogP contribution in [0.15, 0.2) is 120 Å². The number of nitrogens with zero attached hydrogens (tertiary/aromatic N) is 2. The third-order valence-corrected chi connectivity index (χ3v) is 8.97. The second-order valence-electron chi connectivity index (χ2n) is 11.3. The molecule has 190 valence electrons. The SMILES string of the molecule is CC1CC=CC=C1C1=CC(n2c3c(c4ccccc42)C=CCC3)=CC(n2c3ccccc3c3ccccc32)C1. The number of aromatic nitrogens is 2. The molecule has 3 aliphatic rings. The molecule has 5 aromatic rings. The van der Waals surface area contributed by atoms with Gasteiger partial charge in [0.1, 0.15) is 0 Å². The largest absolute Gasteiger partial charge is 0.333 e. The van der Waals surface area contributed by atoms with E-state index in [1.807, 2.05) is 0 Å². The van der Waals surface area contributed by atoms with Crippen LogP contribution in [0.4, 0.5) is 0 Å². The van der Waals surface area contributed by atoms with Crippen molar-refractivity contribution in [2.45, 2.75) is 38.6 Å². The van der Waals surface area contributed by atoms with Gasteiger partial charge in [0.05, 0.1) is 11.6 Å². The first kappa shape index (κ1) is 22.7. The van der Waals surface area contributed by atoms with Gasteiger partial charge in [-0.25, -0.2) is 0 Å². The molecule has 0 saturated carbocycles. The molecule has 2 atom stereocenters. The van der Waals surface area contributed by atoms with Crippen LogP contribution in [0.5, 0.6) is 0 Å². The van der Waals surface area contributed by atoms with Crippen LogP contribution < -0.4 is 0 Å². The lowest BCUT2D eigenvalue weighted by Gasteiger charge is -2.30. The van der Waals surface area contributed by atoms with Crippen LogP contribution in [0.2, 0.25) is 0 Å². The maximum atomic E-state index is 2.60. The summed E-state index contributed by atoms with van der Waals surface area (Å²) in [6.45, 7) is 2.38. The molecule has 2 unspecified atom stereocenters. The summed E-state index contributed by atoms with van der Waals surface area (Å²) >= 11 is 0. The highest BCUT2D eigenvalue weighted by Crippen LogP contribution is 2.43. The van der Waals surface area contributed by atoms with E-state index in [-0.39, 0.29) is 6.04 Å². The Morgan fingerprint density at radius 2 is 1.46 bits per heavy atom. The number of hydrogen-bond donors (Lipinski definition) is 0. The quantitative estimate of drug-likeness (QED) is 0.231. The number of rotatable bonds is 3. The molecule has 3 aromatic carbocycles. The highest BCUT2D eigenvalue weighted by Gasteiger charge is 2.27. The highest BCUT2D eigenvalue weighted by molar-refractivity contribution is 6.08. The van der Waals surface area contributed by atoms with Crippen molar-refractivity contribution in [1.29, 1.82) is 0 Å². The smallest absolute Gasteiger partial charge is 0.0586 e. The van der Waals surface area contributed by atoms with E-state index in [9.17, 15) is 0 Å². The maximum absolute atomic E-state index is 2.60. The summed E-state index contributed by atoms with van der Waals surface area (Å²) in [6.07, 6.45) is 20.9. The molecule has 2 heteroatoms. The van der Waals surface area contributed by atoms with E-state index in [1.54, 1.807) is 0 Å². The molecule has 2 heterocycles. The Morgan fingerprint density at radius 1 is 0.769 bits per heavy atom. The molecule has 0 saturated heterocycles. The lowest BCUT2D eigenvalue weighted by molar-refractivity contribution is 0.607. The Hall–Kier alpha value is -4.30. The van der Waals surface area contributed by atoms with Crippen LogP contribution in [-0.4, -0.2) is 9.13 Å². The van der Waals surface area contributed by atoms with Gasteiger partial charge in [0.25, 0.3) is 0 Å². The third-order valence-electron chi connectivity index (χ3n) is 8.97. The summed E-state index contributed by atoms with van der Waals surface area (Å²) < 4.78 is 5.16. The second kappa shape index (κ2) is 8.88. The molecule has 0 aliphatic heterocycles. The van der Waals surface area contributed by atoms with Gasteiger partial charge in [-0.15, -0.1) is 0 Å². The predicted octanol–water partition coefficient (Wildman–Crippen LogP) is 9.64. The minimum absolute atomic E-state index is 0.222. The summed E-state index contributed by atoms with van der Waals surface area (Å²) in [7, 11) is 0. The zero-order valence-corrected chi connectivity index (χ0v) is 22.3. The number of para-hydroxylation sites is 3. The first-order valence-corrected chi connectivity index (χ1v) is 14.3. The molecule has 2 nitrogen and oxygen atoms in total. The van der Waals surface area contributed by atoms with Gasteiger partial charge in [-0.1, -0.05) is 91.9 Å². The van der Waals surface area contributed by atoms with Crippen molar-refractivity contribution in [2.75, 3.05) is 0 Å². The Morgan fingerprint density at radius 3 is 2.21 bits per heavy atom. The van der Waals surface area contributed by atoms with E-state index in [0.717, 1.165) is 25.7 Å². The van der Waals surface area contributed by atoms with Crippen LogP contribution in [0.25, 0.3) is 44.5 Å². The number of benzene rings is 3. The van der Waals surface area contributed by atoms with Crippen molar-refractivity contribution in [3.8, 4) is 0 Å². The Labute approximate surface area is 229 Å². The summed E-state index contributed by atoms with van der Waals surface area (Å²) in [5.41, 5.74) is 11.0. The summed E-state index contributed by atoms with van der Waals surface area (Å²) in [6, 6.07) is 27.0. The molecule has 0 radical (unpaired) electrons. The molecular weight excluding hydrogens is 472 g/mol. The first-order valence-electron chi connectivity index (χ1n) is 14.3. The fourth-order valence-corrected chi connectivity index (χ4v) is 7.22. The van der Waals surface area contributed by atoms with E-state index in [1.165, 1.54) is 60.8 Å². The van der Waals surface area contributed by atoms with Crippen molar-refractivity contribution >= 4 is 44.5 Å². The minimum Gasteiger partial charge on any atom is -0.333 e. The average molecular weight is 505 g/mol. The van der Waals surface area contributed by atoms with Crippen LogP contribution in [0.3, 0.4) is 0 Å². The maximum Gasteiger partial charge on any atom is 0.0586 e. The van der Waals surface area contributed by atoms with Crippen LogP contribution >= 0.6 is 0 Å². The van der Waals surface area contributed by atoms with E-state index < -0.39 is 0 Å². The molecule has 0 bridgehead atoms. The predicted molar refractivity (Wildman–Crippen MR) is 166 cm³/mol. The van der Waals surface area contributed by atoms with Crippen molar-refractivity contribution in [1.82, 2.24) is 9.13 Å². The average Bonchev–Trinajstić information content (AvgIpc) is 3.50. The first-order chi connectivity index (χ1) is 19.3. The number of hydrogen-bond acceptors (Lipinski definition) is 0. The van der Waals surface area contributed by atoms with E-state index in [2.05, 4.69) is 131 Å². The van der Waals surface area contributed by atoms with E-state index in [0.29, 0.717) is 5.92 Å². The van der Waals surface area contributed by atoms with E-state index in [4.69, 9.17) is 0 Å². The molecule has 3 aliphatic carbocycles. The van der Waals surface area contributed by atoms with E-state index >= 15 is 0 Å². The van der Waals surface area contributed by atoms with Crippen molar-refractivity contribution < 1.29 is 0 Å². The zero-order valence-electron chi connectivity index (χ0n) is 22.3. The molecule has 0 fully saturated rings. The zero-order chi connectivity index (χ0) is 25.9. The van der Waals surface area contributed by atoms with Gasteiger partial charge < -0.3 is 9.13 Å². The second-order valence-corrected chi connectivity index (χ2v) is 11.3. The normalized spacial score (nSPS) is 20.8. The van der Waals surface area contributed by atoms with Gasteiger partial charge in [-0.3, -0.25) is 0 Å². The van der Waals surface area contributed by atoms with Gasteiger partial charge in [0.2, 0.25) is 0 Å². The lowest BCUT2D eigenvalue weighted by Crippen LogP contribution is -2.17. The van der Waals surface area contributed by atoms with Gasteiger partial charge >= 0.3 is 0 Å². The van der Waals surface area contributed by atoms with Crippen LogP contribution in [0.1, 0.15) is 43.5 Å². The fourth-order valence-electron chi connectivity index (χ4n) is 7.22. The molecular formula is C37H32N2. The van der Waals surface area contributed by atoms with Gasteiger partial charge in [0, 0.05) is 44.1 Å². The molecule has 0 spiro atoms. The van der Waals surface area contributed by atoms with Crippen LogP contribution in [-0.2, 0) is 6.42 Å². The molecule has 2 aromatic heterocycles. The van der Waals surface area contributed by atoms with Gasteiger partial charge in [-0.05, 0) is 73.1 Å². The van der Waals surface area contributed by atoms with Crippen molar-refractivity contribution in [2.24, 2.45) is 5.92 Å². The van der Waals surface area contributed by atoms with Gasteiger partial charge in [-0.2, -0.15) is 0 Å². The highest BCUT2D eigenvalue weighted by atomic mass is 15.0. The standard InChI is InChI=1S/C37H32N2/c1-25-12-2-3-13-29(25)26-22-27(38-34-18-8-4-14-30(34)31-15-5-9-19-35(31)38)24-28(23-26)39-36-20-10-6-16-32(36)33-17-7-11-21-37(33)39/h2-10,13-20,23-25,27H,11-12,21-22H2,1H3. The Bertz CT molecular complexity index is 1880. The van der Waals surface area contributed by atoms with Crippen molar-refractivity contribution in [3.63, 3.8) is 0 Å². The summed E-state index contributed by atoms with van der Waals surface area (Å²) in [5, 5.41) is 4.02. The third kappa shape index (κ3) is 3.48. The molecule has 39 heavy (non-hydrogen) atoms. The molecule has 8 rings (SSSR count). The van der Waals surface area contributed by atoms with Gasteiger partial charge in [0.15, 0.2) is 0 Å². The van der Waals surface area contributed by atoms with Crippen molar-refractivity contribution in [3.05, 3.63) is 132 Å². The summed E-state index contributed by atoms with van der Waals surface area (Å²) in [5.74, 6) is 0.526. The fraction of sp³-hybridized carbons (Fsp3) is 0.189. The summed E-state index contributed by atoms with van der Waals surface area (Å²) in [4.78, 5) is 0. The lowest BCUT2D eigenvalue weighted by atomic mass is 9.82. The molecule has 0 amide bonds. The number of fused-ring (bicyclic) bond motifs is 6. The monoisotopic (exact) mass is 504 g/mol. The Kier molecular flexibility index (Phi) is 5.16. The minimum atomic E-state index is 0.222. The number of allylic oxidation sites excluding steroid dienone is 9.